The Morgan fingerprint density at radius 2 is 1.07 bits per heavy atom. The van der Waals surface area contributed by atoms with Crippen LogP contribution in [0.15, 0.2) is 77.3 Å². The summed E-state index contributed by atoms with van der Waals surface area (Å²) in [4.78, 5) is 11.0. The van der Waals surface area contributed by atoms with Crippen LogP contribution in [0.5, 0.6) is 0 Å². The van der Waals surface area contributed by atoms with Gasteiger partial charge in [0, 0.05) is 26.4 Å². The molecule has 3 aromatic carbocycles. The zero-order valence-electron chi connectivity index (χ0n) is 25.1. The molecule has 0 bridgehead atoms. The fraction of sp³-hybridized carbons (Fsp3) is 0.406. The molecule has 0 spiro atoms. The second-order valence-corrected chi connectivity index (χ2v) is 12.7. The van der Waals surface area contributed by atoms with Crippen molar-refractivity contribution in [2.24, 2.45) is 23.7 Å². The van der Waals surface area contributed by atoms with Gasteiger partial charge in [0.05, 0.1) is 5.60 Å². The number of benzene rings is 3. The average Bonchev–Trinajstić information content (AvgIpc) is 3.77. The van der Waals surface area contributed by atoms with Crippen molar-refractivity contribution in [3.8, 4) is 0 Å². The monoisotopic (exact) mass is 762 g/mol. The van der Waals surface area contributed by atoms with E-state index < -0.39 is 5.60 Å². The second-order valence-electron chi connectivity index (χ2n) is 10.5. The zero-order valence-corrected chi connectivity index (χ0v) is 31.3. The van der Waals surface area contributed by atoms with Crippen molar-refractivity contribution in [2.75, 3.05) is 0 Å². The molecule has 4 saturated carbocycles. The molecule has 0 amide bonds. The van der Waals surface area contributed by atoms with Crippen LogP contribution in [0.3, 0.4) is 0 Å². The predicted molar refractivity (Wildman–Crippen MR) is 174 cm³/mol. The first-order valence-corrected chi connectivity index (χ1v) is 15.2. The maximum atomic E-state index is 11.0. The summed E-state index contributed by atoms with van der Waals surface area (Å²) in [7, 11) is 0. The van der Waals surface area contributed by atoms with Crippen molar-refractivity contribution in [3.05, 3.63) is 104 Å². The quantitative estimate of drug-likeness (QED) is 0.240. The number of Topliss-reactive ketones (excluding diaryl/α,β-unsaturated/α-hetero) is 1. The summed E-state index contributed by atoms with van der Waals surface area (Å²) >= 11 is 20.3. The van der Waals surface area contributed by atoms with Crippen molar-refractivity contribution >= 4 is 103 Å². The minimum atomic E-state index is -0.551. The van der Waals surface area contributed by atoms with E-state index in [0.717, 1.165) is 25.1 Å². The maximum absolute atomic E-state index is 11.0. The van der Waals surface area contributed by atoms with Crippen molar-refractivity contribution in [1.82, 2.24) is 0 Å². The van der Waals surface area contributed by atoms with Gasteiger partial charge in [0.1, 0.15) is 5.78 Å². The molecule has 0 saturated heterocycles. The molecular weight excluding hydrogens is 731 g/mol. The molecule has 2 nitrogen and oxygen atoms in total. The van der Waals surface area contributed by atoms with E-state index in [0.29, 0.717) is 29.5 Å². The van der Waals surface area contributed by atoms with E-state index >= 15 is 0 Å². The largest absolute Gasteiger partial charge is 2.00 e. The average molecular weight is 766 g/mol. The molecule has 0 unspecified atom stereocenters. The summed E-state index contributed by atoms with van der Waals surface area (Å²) in [6.07, 6.45) is 9.46. The second kappa shape index (κ2) is 19.2. The van der Waals surface area contributed by atoms with Crippen LogP contribution in [0.1, 0.15) is 59.8 Å². The predicted octanol–water partition coefficient (Wildman–Crippen LogP) is 6.43. The van der Waals surface area contributed by atoms with Crippen LogP contribution in [0.2, 0.25) is 15.1 Å². The number of aliphatic hydroxyl groups is 1. The fourth-order valence-electron chi connectivity index (χ4n) is 4.43. The molecule has 9 heteroatoms. The van der Waals surface area contributed by atoms with Crippen molar-refractivity contribution in [1.29, 1.82) is 0 Å². The minimum absolute atomic E-state index is 0. The number of carbonyl (C=O) groups is 1. The first-order valence-electron chi connectivity index (χ1n) is 13.3. The normalized spacial score (nSPS) is 16.7. The van der Waals surface area contributed by atoms with E-state index in [9.17, 15) is 9.90 Å². The summed E-state index contributed by atoms with van der Waals surface area (Å²) in [6.45, 7) is 0. The van der Waals surface area contributed by atoms with Crippen LogP contribution < -0.4 is 17.0 Å². The summed E-state index contributed by atoms with van der Waals surface area (Å²) < 4.78 is 1.06. The minimum Gasteiger partial charge on any atom is -1.00 e. The van der Waals surface area contributed by atoms with E-state index in [1.54, 1.807) is 24.3 Å². The van der Waals surface area contributed by atoms with E-state index in [2.05, 4.69) is 22.0 Å². The summed E-state index contributed by atoms with van der Waals surface area (Å²) in [5.41, 5.74) is 0.516. The van der Waals surface area contributed by atoms with Crippen molar-refractivity contribution in [2.45, 2.75) is 57.0 Å². The molecule has 4 fully saturated rings. The van der Waals surface area contributed by atoms with E-state index in [1.165, 1.54) is 51.4 Å². The van der Waals surface area contributed by atoms with Crippen LogP contribution >= 0.6 is 50.7 Å². The van der Waals surface area contributed by atoms with Crippen LogP contribution in [0, 0.1) is 29.7 Å². The van der Waals surface area contributed by atoms with Gasteiger partial charge in [0.2, 0.25) is 0 Å². The maximum Gasteiger partial charge on any atom is 2.00 e. The molecule has 0 heterocycles. The van der Waals surface area contributed by atoms with E-state index in [4.69, 9.17) is 34.8 Å². The Bertz CT molecular complexity index is 1130. The van der Waals surface area contributed by atoms with Crippen LogP contribution in [0.25, 0.3) is 0 Å². The Kier molecular flexibility index (Phi) is 18.6. The van der Waals surface area contributed by atoms with Gasteiger partial charge in [-0.25, -0.2) is 0 Å². The third-order valence-corrected chi connectivity index (χ3v) is 8.43. The Balaban J connectivity index is 0. The first-order chi connectivity index (χ1) is 18.3. The first kappa shape index (κ1) is 39.7. The van der Waals surface area contributed by atoms with Gasteiger partial charge in [-0.2, -0.15) is 30.3 Å². The van der Waals surface area contributed by atoms with E-state index in [-0.39, 0.29) is 65.9 Å². The van der Waals surface area contributed by atoms with Crippen LogP contribution in [-0.2, 0) is 10.4 Å². The van der Waals surface area contributed by atoms with Gasteiger partial charge in [-0.05, 0) is 105 Å². The molecule has 214 valence electrons. The molecule has 4 aliphatic carbocycles. The number of hydrogen-bond donors (Lipinski definition) is 1. The van der Waals surface area contributed by atoms with Gasteiger partial charge in [0.15, 0.2) is 0 Å². The molecule has 7 rings (SSSR count). The van der Waals surface area contributed by atoms with Gasteiger partial charge in [-0.3, -0.25) is 4.79 Å². The smallest absolute Gasteiger partial charge is 1.00 e. The third-order valence-electron chi connectivity index (χ3n) is 7.15. The third kappa shape index (κ3) is 13.7. The van der Waals surface area contributed by atoms with Crippen LogP contribution in [-0.4, -0.2) is 57.0 Å². The standard InChI is InChI=1S/C13H15ClO.C7H10O.C6H4BrCl.C6H4Cl.BrH.2Mg.2H/c14-12-7-5-11(6-8-12)13(15,9-1-2-9)10-3-4-10;8-7(5-1-2-5)6-3-4-6;7-5-1-3-6(8)4-2-5;7-6-4-2-1-3-5-6;;;;;/h5-10,15H,1-4H2;5-6H,1-4H2;1-4H;2-5H;1H;;;;/q;;;-1;;2*+2;2*-1/p-1. The van der Waals surface area contributed by atoms with Gasteiger partial charge >= 0.3 is 46.1 Å². The van der Waals surface area contributed by atoms with Crippen LogP contribution in [0.4, 0.5) is 0 Å². The number of halogens is 5. The Hall–Kier alpha value is 0.652. The number of carbonyl (C=O) groups excluding carboxylic acids is 1. The summed E-state index contributed by atoms with van der Waals surface area (Å²) in [5, 5.41) is 13.1. The number of ketones is 1. The van der Waals surface area contributed by atoms with Gasteiger partial charge in [0.25, 0.3) is 0 Å². The molecule has 41 heavy (non-hydrogen) atoms. The molecular formula is C32H35Br2Cl3Mg2O2. The van der Waals surface area contributed by atoms with Gasteiger partial charge in [-0.1, -0.05) is 56.3 Å². The number of hydrogen-bond acceptors (Lipinski definition) is 2. The van der Waals surface area contributed by atoms with E-state index in [1.807, 2.05) is 48.5 Å². The fourth-order valence-corrected chi connectivity index (χ4v) is 5.08. The topological polar surface area (TPSA) is 37.3 Å². The number of rotatable bonds is 5. The SMILES string of the molecule is Clc1cc[c-]cc1.Clc1ccc(Br)cc1.O=C(C1CC1)C1CC1.OC(c1ccc(Cl)cc1)(C1CC1)C1CC1.[Br-].[H-].[H-].[Mg+2].[Mg+2]. The Morgan fingerprint density at radius 1 is 0.707 bits per heavy atom. The molecule has 0 aliphatic heterocycles. The summed E-state index contributed by atoms with van der Waals surface area (Å²) in [5.74, 6) is 2.59. The van der Waals surface area contributed by atoms with Crippen molar-refractivity contribution < 1.29 is 29.7 Å². The molecule has 0 aromatic heterocycles. The Labute approximate surface area is 313 Å². The molecule has 1 N–H and O–H groups in total. The van der Waals surface area contributed by atoms with Gasteiger partial charge in [-0.15, -0.1) is 11.6 Å². The van der Waals surface area contributed by atoms with Gasteiger partial charge < -0.3 is 24.9 Å². The molecule has 4 aliphatic rings. The zero-order chi connectivity index (χ0) is 27.1. The molecule has 3 aromatic rings. The Morgan fingerprint density at radius 3 is 1.37 bits per heavy atom. The van der Waals surface area contributed by atoms with Crippen molar-refractivity contribution in [3.63, 3.8) is 0 Å². The summed E-state index contributed by atoms with van der Waals surface area (Å²) in [6, 6.07) is 25.2. The molecule has 0 radical (unpaired) electrons. The molecule has 0 atom stereocenters.